The molecule has 0 atom stereocenters. The van der Waals surface area contributed by atoms with Crippen molar-refractivity contribution in [2.45, 2.75) is 12.8 Å². The van der Waals surface area contributed by atoms with Crippen LogP contribution in [0.15, 0.2) is 0 Å². The lowest BCUT2D eigenvalue weighted by Gasteiger charge is -2.01. The van der Waals surface area contributed by atoms with Crippen LogP contribution in [0.3, 0.4) is 0 Å². The van der Waals surface area contributed by atoms with Crippen molar-refractivity contribution < 1.29 is 14.7 Å². The fourth-order valence-corrected chi connectivity index (χ4v) is 0.688. The first kappa shape index (κ1) is 10.9. The second-order valence-electron chi connectivity index (χ2n) is 2.38. The number of hydrogen-bond donors (Lipinski definition) is 3. The lowest BCUT2D eigenvalue weighted by molar-refractivity contribution is -0.137. The van der Waals surface area contributed by atoms with E-state index >= 15 is 0 Å². The Hall–Kier alpha value is -1.10. The van der Waals surface area contributed by atoms with Crippen LogP contribution in [0.4, 0.5) is 0 Å². The Kier molecular flexibility index (Phi) is 6.00. The Balaban J connectivity index is 3.28. The summed E-state index contributed by atoms with van der Waals surface area (Å²) in [4.78, 5) is 20.8. The van der Waals surface area contributed by atoms with Crippen LogP contribution in [-0.2, 0) is 9.59 Å². The molecule has 0 bridgehead atoms. The van der Waals surface area contributed by atoms with E-state index in [1.807, 2.05) is 0 Å². The van der Waals surface area contributed by atoms with Crippen molar-refractivity contribution in [2.24, 2.45) is 0 Å². The maximum absolute atomic E-state index is 10.8. The molecular weight excluding hydrogens is 160 g/mol. The molecule has 1 amide bonds. The zero-order valence-electron chi connectivity index (χ0n) is 7.09. The number of amides is 1. The normalized spacial score (nSPS) is 9.42. The van der Waals surface area contributed by atoms with Crippen LogP contribution >= 0.6 is 0 Å². The lowest BCUT2D eigenvalue weighted by atomic mass is 10.3. The number of carbonyl (C=O) groups is 2. The molecule has 5 heteroatoms. The summed E-state index contributed by atoms with van der Waals surface area (Å²) < 4.78 is 0. The minimum atomic E-state index is -1.02. The van der Waals surface area contributed by atoms with Gasteiger partial charge in [0.25, 0.3) is 0 Å². The van der Waals surface area contributed by atoms with Gasteiger partial charge < -0.3 is 15.7 Å². The van der Waals surface area contributed by atoms with E-state index in [-0.39, 0.29) is 12.5 Å². The molecule has 0 aliphatic rings. The van der Waals surface area contributed by atoms with Gasteiger partial charge >= 0.3 is 5.97 Å². The summed E-state index contributed by atoms with van der Waals surface area (Å²) in [5.41, 5.74) is 0. The molecule has 0 fully saturated rings. The van der Waals surface area contributed by atoms with Gasteiger partial charge in [-0.3, -0.25) is 9.59 Å². The minimum absolute atomic E-state index is 0.215. The second-order valence-corrected chi connectivity index (χ2v) is 2.38. The van der Waals surface area contributed by atoms with Crippen LogP contribution in [-0.4, -0.2) is 37.1 Å². The first-order valence-electron chi connectivity index (χ1n) is 3.80. The Morgan fingerprint density at radius 3 is 2.58 bits per heavy atom. The van der Waals surface area contributed by atoms with Crippen molar-refractivity contribution in [1.82, 2.24) is 10.6 Å². The largest absolute Gasteiger partial charge is 0.480 e. The second kappa shape index (κ2) is 6.60. The Bertz CT molecular complexity index is 159. The smallest absolute Gasteiger partial charge is 0.322 e. The molecule has 0 aromatic heterocycles. The van der Waals surface area contributed by atoms with Crippen molar-refractivity contribution in [1.29, 1.82) is 0 Å². The van der Waals surface area contributed by atoms with E-state index < -0.39 is 5.97 Å². The summed E-state index contributed by atoms with van der Waals surface area (Å²) in [6.45, 7) is 0.471. The van der Waals surface area contributed by atoms with E-state index in [2.05, 4.69) is 10.6 Å². The molecule has 0 spiro atoms. The minimum Gasteiger partial charge on any atom is -0.480 e. The average molecular weight is 174 g/mol. The van der Waals surface area contributed by atoms with Gasteiger partial charge in [-0.05, 0) is 20.0 Å². The van der Waals surface area contributed by atoms with Gasteiger partial charge in [-0.15, -0.1) is 0 Å². The number of hydrogen-bond acceptors (Lipinski definition) is 3. The van der Waals surface area contributed by atoms with Crippen molar-refractivity contribution in [2.75, 3.05) is 20.1 Å². The highest BCUT2D eigenvalue weighted by atomic mass is 16.4. The van der Waals surface area contributed by atoms with E-state index in [0.29, 0.717) is 6.42 Å². The van der Waals surface area contributed by atoms with Crippen LogP contribution in [0.25, 0.3) is 0 Å². The molecular formula is C7H14N2O3. The maximum Gasteiger partial charge on any atom is 0.322 e. The highest BCUT2D eigenvalue weighted by Gasteiger charge is 2.01. The molecule has 70 valence electrons. The van der Waals surface area contributed by atoms with Gasteiger partial charge in [0.1, 0.15) is 6.54 Å². The van der Waals surface area contributed by atoms with Gasteiger partial charge in [0.15, 0.2) is 0 Å². The van der Waals surface area contributed by atoms with Crippen LogP contribution in [0.2, 0.25) is 0 Å². The zero-order valence-corrected chi connectivity index (χ0v) is 7.09. The van der Waals surface area contributed by atoms with Crippen molar-refractivity contribution in [3.05, 3.63) is 0 Å². The van der Waals surface area contributed by atoms with E-state index in [4.69, 9.17) is 5.11 Å². The Morgan fingerprint density at radius 2 is 2.08 bits per heavy atom. The summed E-state index contributed by atoms with van der Waals surface area (Å²) in [5.74, 6) is -1.23. The van der Waals surface area contributed by atoms with Gasteiger partial charge in [0.2, 0.25) is 5.91 Å². The topological polar surface area (TPSA) is 78.4 Å². The highest BCUT2D eigenvalue weighted by Crippen LogP contribution is 1.85. The molecule has 0 unspecified atom stereocenters. The van der Waals surface area contributed by atoms with E-state index in [1.165, 1.54) is 0 Å². The van der Waals surface area contributed by atoms with Crippen molar-refractivity contribution >= 4 is 11.9 Å². The summed E-state index contributed by atoms with van der Waals surface area (Å²) in [7, 11) is 1.80. The fourth-order valence-electron chi connectivity index (χ4n) is 0.688. The molecule has 3 N–H and O–H groups in total. The quantitative estimate of drug-likeness (QED) is 0.460. The van der Waals surface area contributed by atoms with Crippen LogP contribution < -0.4 is 10.6 Å². The molecule has 0 aliphatic heterocycles. The monoisotopic (exact) mass is 174 g/mol. The summed E-state index contributed by atoms with van der Waals surface area (Å²) >= 11 is 0. The summed E-state index contributed by atoms with van der Waals surface area (Å²) in [6, 6.07) is 0. The average Bonchev–Trinajstić information content (AvgIpc) is 2.01. The maximum atomic E-state index is 10.8. The third-order valence-electron chi connectivity index (χ3n) is 1.27. The number of nitrogens with one attached hydrogen (secondary N) is 2. The van der Waals surface area contributed by atoms with Gasteiger partial charge in [-0.2, -0.15) is 0 Å². The third-order valence-corrected chi connectivity index (χ3v) is 1.27. The zero-order chi connectivity index (χ0) is 9.40. The number of carboxylic acid groups (broad SMARTS) is 1. The predicted molar refractivity (Wildman–Crippen MR) is 43.8 cm³/mol. The molecule has 0 saturated carbocycles. The molecule has 0 aromatic rings. The van der Waals surface area contributed by atoms with E-state index in [1.54, 1.807) is 7.05 Å². The van der Waals surface area contributed by atoms with Crippen LogP contribution in [0, 0.1) is 0 Å². The molecule has 0 aromatic carbocycles. The lowest BCUT2D eigenvalue weighted by Crippen LogP contribution is -2.29. The van der Waals surface area contributed by atoms with Crippen LogP contribution in [0.5, 0.6) is 0 Å². The molecule has 5 nitrogen and oxygen atoms in total. The standard InChI is InChI=1S/C7H14N2O3/c1-8-4-2-3-6(10)9-5-7(11)12/h8H,2-5H2,1H3,(H,9,10)(H,11,12). The fraction of sp³-hybridized carbons (Fsp3) is 0.714. The summed E-state index contributed by atoms with van der Waals surface area (Å²) in [5, 5.41) is 13.4. The predicted octanol–water partition coefficient (Wildman–Crippen LogP) is -0.813. The van der Waals surface area contributed by atoms with Crippen LogP contribution in [0.1, 0.15) is 12.8 Å². The molecule has 0 heterocycles. The van der Waals surface area contributed by atoms with E-state index in [0.717, 1.165) is 13.0 Å². The number of carbonyl (C=O) groups excluding carboxylic acids is 1. The first-order valence-corrected chi connectivity index (χ1v) is 3.80. The molecule has 0 saturated heterocycles. The SMILES string of the molecule is CNCCCC(=O)NCC(=O)O. The van der Waals surface area contributed by atoms with Crippen molar-refractivity contribution in [3.8, 4) is 0 Å². The van der Waals surface area contributed by atoms with Crippen molar-refractivity contribution in [3.63, 3.8) is 0 Å². The molecule has 0 rings (SSSR count). The first-order chi connectivity index (χ1) is 5.66. The number of rotatable bonds is 6. The van der Waals surface area contributed by atoms with E-state index in [9.17, 15) is 9.59 Å². The molecule has 0 aliphatic carbocycles. The van der Waals surface area contributed by atoms with Gasteiger partial charge in [-0.25, -0.2) is 0 Å². The number of aliphatic carboxylic acids is 1. The number of carboxylic acids is 1. The van der Waals surface area contributed by atoms with Gasteiger partial charge in [-0.1, -0.05) is 0 Å². The summed E-state index contributed by atoms with van der Waals surface area (Å²) in [6.07, 6.45) is 1.09. The van der Waals surface area contributed by atoms with Gasteiger partial charge in [0, 0.05) is 6.42 Å². The highest BCUT2D eigenvalue weighted by molar-refractivity contribution is 5.80. The molecule has 0 radical (unpaired) electrons. The third kappa shape index (κ3) is 7.01. The Labute approximate surface area is 71.1 Å². The van der Waals surface area contributed by atoms with Gasteiger partial charge in [0.05, 0.1) is 0 Å². The molecule has 12 heavy (non-hydrogen) atoms. The Morgan fingerprint density at radius 1 is 1.42 bits per heavy atom.